The Hall–Kier alpha value is 4.26. The van der Waals surface area contributed by atoms with Crippen LogP contribution in [-0.2, 0) is 13.8 Å². The van der Waals surface area contributed by atoms with E-state index in [0.29, 0.717) is 6.92 Å². The molecular formula is C2H5Na4O7P2+. The second-order valence-electron chi connectivity index (χ2n) is 1.79. The first-order valence-electron chi connectivity index (χ1n) is 2.37. The van der Waals surface area contributed by atoms with Crippen molar-refractivity contribution in [1.82, 2.24) is 0 Å². The van der Waals surface area contributed by atoms with Gasteiger partial charge in [-0.05, 0) is 6.92 Å². The third kappa shape index (κ3) is 13.0. The molecule has 0 aromatic heterocycles. The van der Waals surface area contributed by atoms with Crippen LogP contribution in [0, 0.1) is 0 Å². The SMILES string of the molecule is CC(P(=O)([O-])[O-])P(=O)([O-])OO.[Na+].[Na+].[Na+].[Na+]. The van der Waals surface area contributed by atoms with Crippen LogP contribution < -0.4 is 133 Å². The molecule has 0 aromatic rings. The van der Waals surface area contributed by atoms with E-state index in [1.54, 1.807) is 0 Å². The van der Waals surface area contributed by atoms with E-state index in [1.165, 1.54) is 0 Å². The molecule has 0 fully saturated rings. The van der Waals surface area contributed by atoms with Gasteiger partial charge in [0, 0.05) is 0 Å². The van der Waals surface area contributed by atoms with E-state index in [2.05, 4.69) is 4.67 Å². The summed E-state index contributed by atoms with van der Waals surface area (Å²) in [6.45, 7) is 0.616. The predicted octanol–water partition coefficient (Wildman–Crippen LogP) is -13.7. The molecule has 0 aliphatic heterocycles. The Kier molecular flexibility index (Phi) is 27.9. The van der Waals surface area contributed by atoms with Crippen molar-refractivity contribution in [2.45, 2.75) is 12.3 Å². The zero-order valence-corrected chi connectivity index (χ0v) is 19.2. The number of rotatable bonds is 3. The zero-order valence-electron chi connectivity index (χ0n) is 9.37. The molecule has 0 aromatic carbocycles. The molecule has 0 radical (unpaired) electrons. The molecule has 1 N–H and O–H groups in total. The van der Waals surface area contributed by atoms with Gasteiger partial charge < -0.3 is 23.8 Å². The molecule has 0 rings (SSSR count). The summed E-state index contributed by atoms with van der Waals surface area (Å²) < 4.78 is 23.2. The maximum absolute atomic E-state index is 10.3. The van der Waals surface area contributed by atoms with Gasteiger partial charge >= 0.3 is 118 Å². The normalized spacial score (nSPS) is 15.3. The predicted molar refractivity (Wildman–Crippen MR) is 28.4 cm³/mol. The summed E-state index contributed by atoms with van der Waals surface area (Å²) in [4.78, 5) is 30.4. The van der Waals surface area contributed by atoms with Crippen molar-refractivity contribution in [3.8, 4) is 0 Å². The Balaban J connectivity index is -0.0000000833. The van der Waals surface area contributed by atoms with Crippen molar-refractivity contribution in [2.24, 2.45) is 0 Å². The summed E-state index contributed by atoms with van der Waals surface area (Å²) in [5.41, 5.74) is 0. The van der Waals surface area contributed by atoms with Gasteiger partial charge in [-0.1, -0.05) is 7.60 Å². The molecule has 0 amide bonds. The van der Waals surface area contributed by atoms with Gasteiger partial charge in [-0.2, -0.15) is 4.67 Å². The first-order chi connectivity index (χ1) is 4.72. The van der Waals surface area contributed by atoms with Crippen molar-refractivity contribution >= 4 is 15.2 Å². The quantitative estimate of drug-likeness (QED) is 0.236. The monoisotopic (exact) mass is 295 g/mol. The van der Waals surface area contributed by atoms with Crippen LogP contribution in [0.2, 0.25) is 0 Å². The van der Waals surface area contributed by atoms with Crippen LogP contribution in [0.3, 0.4) is 0 Å². The second-order valence-corrected chi connectivity index (χ2v) is 6.07. The summed E-state index contributed by atoms with van der Waals surface area (Å²) in [6.07, 6.45) is 0. The molecule has 0 heterocycles. The summed E-state index contributed by atoms with van der Waals surface area (Å²) >= 11 is 0. The van der Waals surface area contributed by atoms with Crippen LogP contribution in [0.5, 0.6) is 0 Å². The minimum absolute atomic E-state index is 0. The maximum atomic E-state index is 10.3. The van der Waals surface area contributed by atoms with E-state index in [1.807, 2.05) is 0 Å². The Bertz CT molecular complexity index is 229. The fourth-order valence-corrected chi connectivity index (χ4v) is 1.89. The molecule has 15 heavy (non-hydrogen) atoms. The minimum atomic E-state index is -5.26. The van der Waals surface area contributed by atoms with Crippen LogP contribution in [0.1, 0.15) is 6.92 Å². The number of hydrogen-bond donors (Lipinski definition) is 1. The second kappa shape index (κ2) is 13.3. The van der Waals surface area contributed by atoms with Gasteiger partial charge in [0.05, 0.1) is 5.40 Å². The van der Waals surface area contributed by atoms with Crippen LogP contribution >= 0.6 is 15.2 Å². The van der Waals surface area contributed by atoms with Crippen molar-refractivity contribution < 1.29 is 152 Å². The van der Waals surface area contributed by atoms with Gasteiger partial charge in [0.2, 0.25) is 0 Å². The van der Waals surface area contributed by atoms with Crippen molar-refractivity contribution in [3.63, 3.8) is 0 Å². The van der Waals surface area contributed by atoms with Crippen LogP contribution in [0.15, 0.2) is 0 Å². The van der Waals surface area contributed by atoms with Crippen LogP contribution in [-0.4, -0.2) is 10.7 Å². The average Bonchev–Trinajstić information content (AvgIpc) is 1.84. The van der Waals surface area contributed by atoms with E-state index in [4.69, 9.17) is 5.26 Å². The first-order valence-corrected chi connectivity index (χ1v) is 5.60. The Labute approximate surface area is 176 Å². The third-order valence-electron chi connectivity index (χ3n) is 1.03. The Morgan fingerprint density at radius 3 is 1.40 bits per heavy atom. The molecular weight excluding hydrogens is 290 g/mol. The van der Waals surface area contributed by atoms with Crippen molar-refractivity contribution in [2.75, 3.05) is 0 Å². The summed E-state index contributed by atoms with van der Waals surface area (Å²) in [5.74, 6) is 0. The molecule has 0 saturated carbocycles. The molecule has 0 aliphatic rings. The van der Waals surface area contributed by atoms with Gasteiger partial charge in [0.1, 0.15) is 0 Å². The molecule has 0 aliphatic carbocycles. The van der Waals surface area contributed by atoms with Crippen LogP contribution in [0.25, 0.3) is 0 Å². The molecule has 13 heteroatoms. The van der Waals surface area contributed by atoms with Crippen molar-refractivity contribution in [3.05, 3.63) is 0 Å². The largest absolute Gasteiger partial charge is 1.00 e. The van der Waals surface area contributed by atoms with E-state index in [9.17, 15) is 23.8 Å². The van der Waals surface area contributed by atoms with E-state index >= 15 is 0 Å². The molecule has 7 nitrogen and oxygen atoms in total. The van der Waals surface area contributed by atoms with E-state index in [0.717, 1.165) is 0 Å². The third-order valence-corrected chi connectivity index (χ3v) is 4.78. The molecule has 0 bridgehead atoms. The van der Waals surface area contributed by atoms with E-state index in [-0.39, 0.29) is 118 Å². The van der Waals surface area contributed by atoms with E-state index < -0.39 is 20.6 Å². The Morgan fingerprint density at radius 1 is 1.07 bits per heavy atom. The first kappa shape index (κ1) is 31.6. The minimum Gasteiger partial charge on any atom is -0.810 e. The molecule has 68 valence electrons. The summed E-state index contributed by atoms with van der Waals surface area (Å²) in [7, 11) is -10.2. The fourth-order valence-electron chi connectivity index (χ4n) is 0.241. The molecule has 2 unspecified atom stereocenters. The standard InChI is InChI=1S/C2H8O7P2.4Na/c1-2(10(4,5)6)11(7,8)9-3;;;;/h2-3H,1H3,(H,7,8)(H2,4,5,6);;;;/q;4*+1/p-3. The molecule has 2 atom stereocenters. The zero-order chi connectivity index (χ0) is 9.28. The van der Waals surface area contributed by atoms with Crippen LogP contribution in [0.4, 0.5) is 0 Å². The smallest absolute Gasteiger partial charge is 0.810 e. The Morgan fingerprint density at radius 2 is 1.33 bits per heavy atom. The van der Waals surface area contributed by atoms with Gasteiger partial charge in [-0.25, -0.2) is 5.26 Å². The van der Waals surface area contributed by atoms with Gasteiger partial charge in [-0.3, -0.25) is 0 Å². The molecule has 0 spiro atoms. The van der Waals surface area contributed by atoms with Crippen molar-refractivity contribution in [1.29, 1.82) is 0 Å². The molecule has 0 saturated heterocycles. The number of hydrogen-bond acceptors (Lipinski definition) is 7. The summed E-state index contributed by atoms with van der Waals surface area (Å²) in [6, 6.07) is 0. The summed E-state index contributed by atoms with van der Waals surface area (Å²) in [5, 5.41) is 5.40. The topological polar surface area (TPSA) is 133 Å². The average molecular weight is 295 g/mol. The maximum Gasteiger partial charge on any atom is 1.00 e. The van der Waals surface area contributed by atoms with Gasteiger partial charge in [-0.15, -0.1) is 0 Å². The van der Waals surface area contributed by atoms with Gasteiger partial charge in [0.25, 0.3) is 0 Å². The van der Waals surface area contributed by atoms with Gasteiger partial charge in [0.15, 0.2) is 7.60 Å². The fraction of sp³-hybridized carbons (Fsp3) is 1.00.